The molecule has 22 heavy (non-hydrogen) atoms. The van der Waals surface area contributed by atoms with Crippen LogP contribution < -0.4 is 11.1 Å². The summed E-state index contributed by atoms with van der Waals surface area (Å²) in [7, 11) is -2.02. The molecule has 1 fully saturated rings. The van der Waals surface area contributed by atoms with E-state index in [1.54, 1.807) is 13.1 Å². The van der Waals surface area contributed by atoms with E-state index in [4.69, 9.17) is 4.42 Å². The van der Waals surface area contributed by atoms with Gasteiger partial charge in [0.2, 0.25) is 10.0 Å². The average Bonchev–Trinajstić information content (AvgIpc) is 2.72. The Bertz CT molecular complexity index is 858. The maximum atomic E-state index is 12.8. The van der Waals surface area contributed by atoms with Crippen molar-refractivity contribution in [2.75, 3.05) is 13.1 Å². The molecule has 8 heteroatoms. The molecule has 2 aromatic rings. The monoisotopic (exact) mass is 325 g/mol. The molecule has 0 saturated carbocycles. The highest BCUT2D eigenvalue weighted by molar-refractivity contribution is 7.89. The topological polar surface area (TPSA) is 84.6 Å². The number of nitrogens with one attached hydrogen (secondary N) is 1. The molecule has 0 spiro atoms. The molecule has 1 aromatic heterocycles. The van der Waals surface area contributed by atoms with E-state index in [0.29, 0.717) is 18.6 Å². The van der Waals surface area contributed by atoms with Gasteiger partial charge < -0.3 is 9.73 Å². The Kier molecular flexibility index (Phi) is 3.62. The molecule has 0 bridgehead atoms. The third-order valence-corrected chi connectivity index (χ3v) is 5.75. The summed E-state index contributed by atoms with van der Waals surface area (Å²) in [4.78, 5) is 11.7. The predicted octanol–water partition coefficient (Wildman–Crippen LogP) is 0.502. The van der Waals surface area contributed by atoms with Crippen LogP contribution in [0.1, 0.15) is 13.8 Å². The number of aromatic nitrogens is 1. The molecule has 120 valence electrons. The van der Waals surface area contributed by atoms with Crippen LogP contribution in [0.5, 0.6) is 0 Å². The predicted molar refractivity (Wildman–Crippen MR) is 82.3 cm³/mol. The van der Waals surface area contributed by atoms with Crippen LogP contribution in [0.3, 0.4) is 0 Å². The zero-order valence-electron chi connectivity index (χ0n) is 12.7. The maximum absolute atomic E-state index is 12.8. The number of sulfonamides is 1. The van der Waals surface area contributed by atoms with Gasteiger partial charge in [-0.05, 0) is 26.0 Å². The number of hydrogen-bond donors (Lipinski definition) is 1. The fourth-order valence-electron chi connectivity index (χ4n) is 2.90. The van der Waals surface area contributed by atoms with Gasteiger partial charge in [0, 0.05) is 38.3 Å². The van der Waals surface area contributed by atoms with E-state index in [1.807, 2.05) is 13.8 Å². The van der Waals surface area contributed by atoms with Crippen molar-refractivity contribution in [3.05, 3.63) is 28.7 Å². The quantitative estimate of drug-likeness (QED) is 0.869. The van der Waals surface area contributed by atoms with Gasteiger partial charge in [-0.3, -0.25) is 4.57 Å². The van der Waals surface area contributed by atoms with Gasteiger partial charge in [-0.15, -0.1) is 0 Å². The first-order chi connectivity index (χ1) is 10.3. The maximum Gasteiger partial charge on any atom is 0.419 e. The van der Waals surface area contributed by atoms with E-state index in [1.165, 1.54) is 21.0 Å². The molecule has 1 N–H and O–H groups in total. The van der Waals surface area contributed by atoms with E-state index < -0.39 is 15.8 Å². The van der Waals surface area contributed by atoms with Gasteiger partial charge in [0.05, 0.1) is 10.4 Å². The van der Waals surface area contributed by atoms with E-state index in [0.717, 1.165) is 0 Å². The minimum atomic E-state index is -3.60. The van der Waals surface area contributed by atoms with Gasteiger partial charge in [-0.1, -0.05) is 0 Å². The Hall–Kier alpha value is -1.64. The van der Waals surface area contributed by atoms with Crippen LogP contribution in [0.2, 0.25) is 0 Å². The van der Waals surface area contributed by atoms with E-state index in [-0.39, 0.29) is 22.6 Å². The van der Waals surface area contributed by atoms with Crippen molar-refractivity contribution >= 4 is 21.1 Å². The Morgan fingerprint density at radius 2 is 1.86 bits per heavy atom. The molecule has 2 heterocycles. The summed E-state index contributed by atoms with van der Waals surface area (Å²) in [5.41, 5.74) is 0.857. The minimum absolute atomic E-state index is 0.0944. The molecular weight excluding hydrogens is 306 g/mol. The van der Waals surface area contributed by atoms with Crippen molar-refractivity contribution in [3.8, 4) is 0 Å². The van der Waals surface area contributed by atoms with Crippen molar-refractivity contribution in [2.24, 2.45) is 7.05 Å². The summed E-state index contributed by atoms with van der Waals surface area (Å²) in [6, 6.07) is 4.73. The second kappa shape index (κ2) is 5.22. The van der Waals surface area contributed by atoms with Crippen LogP contribution in [0.15, 0.2) is 32.3 Å². The SMILES string of the molecule is CC1CN(S(=O)(=O)c2ccc3c(c2)oc(=O)n3C)CC(C)N1. The molecule has 2 atom stereocenters. The first-order valence-corrected chi connectivity index (χ1v) is 8.59. The summed E-state index contributed by atoms with van der Waals surface area (Å²) >= 11 is 0. The standard InChI is InChI=1S/C14H19N3O4S/c1-9-7-17(8-10(2)15-9)22(19,20)11-4-5-12-13(6-11)21-14(18)16(12)3/h4-6,9-10,15H,7-8H2,1-3H3. The lowest BCUT2D eigenvalue weighted by Crippen LogP contribution is -2.55. The molecule has 2 unspecified atom stereocenters. The van der Waals surface area contributed by atoms with Crippen molar-refractivity contribution < 1.29 is 12.8 Å². The number of piperazine rings is 1. The smallest absolute Gasteiger partial charge is 0.408 e. The summed E-state index contributed by atoms with van der Waals surface area (Å²) in [6.07, 6.45) is 0. The summed E-state index contributed by atoms with van der Waals surface area (Å²) in [5.74, 6) is -0.506. The van der Waals surface area contributed by atoms with Crippen molar-refractivity contribution in [2.45, 2.75) is 30.8 Å². The Morgan fingerprint density at radius 1 is 1.23 bits per heavy atom. The summed E-state index contributed by atoms with van der Waals surface area (Å²) in [6.45, 7) is 4.75. The number of aryl methyl sites for hydroxylation is 1. The Labute approximate surface area is 128 Å². The van der Waals surface area contributed by atoms with E-state index in [9.17, 15) is 13.2 Å². The van der Waals surface area contributed by atoms with Gasteiger partial charge in [-0.2, -0.15) is 4.31 Å². The lowest BCUT2D eigenvalue weighted by Gasteiger charge is -2.35. The average molecular weight is 325 g/mol. The molecule has 0 amide bonds. The molecule has 1 saturated heterocycles. The van der Waals surface area contributed by atoms with E-state index in [2.05, 4.69) is 5.32 Å². The second-order valence-electron chi connectivity index (χ2n) is 5.85. The van der Waals surface area contributed by atoms with Gasteiger partial charge in [-0.25, -0.2) is 13.2 Å². The van der Waals surface area contributed by atoms with Gasteiger partial charge >= 0.3 is 5.76 Å². The normalized spacial score (nSPS) is 24.0. The molecule has 0 aliphatic carbocycles. The van der Waals surface area contributed by atoms with Crippen molar-refractivity contribution in [1.82, 2.24) is 14.2 Å². The van der Waals surface area contributed by atoms with Crippen LogP contribution in [0.25, 0.3) is 11.1 Å². The highest BCUT2D eigenvalue weighted by Crippen LogP contribution is 2.22. The molecular formula is C14H19N3O4S. The molecule has 1 aliphatic rings. The fraction of sp³-hybridized carbons (Fsp3) is 0.500. The van der Waals surface area contributed by atoms with E-state index >= 15 is 0 Å². The van der Waals surface area contributed by atoms with Crippen LogP contribution in [0, 0.1) is 0 Å². The lowest BCUT2D eigenvalue weighted by atomic mass is 10.2. The zero-order chi connectivity index (χ0) is 16.1. The Morgan fingerprint density at radius 3 is 2.50 bits per heavy atom. The number of benzene rings is 1. The van der Waals surface area contributed by atoms with Crippen molar-refractivity contribution in [1.29, 1.82) is 0 Å². The number of rotatable bonds is 2. The van der Waals surface area contributed by atoms with Gasteiger partial charge in [0.25, 0.3) is 0 Å². The number of hydrogen-bond acceptors (Lipinski definition) is 5. The summed E-state index contributed by atoms with van der Waals surface area (Å²) in [5, 5.41) is 3.30. The number of nitrogens with zero attached hydrogens (tertiary/aromatic N) is 2. The highest BCUT2D eigenvalue weighted by atomic mass is 32.2. The zero-order valence-corrected chi connectivity index (χ0v) is 13.6. The molecule has 3 rings (SSSR count). The van der Waals surface area contributed by atoms with Crippen molar-refractivity contribution in [3.63, 3.8) is 0 Å². The molecule has 1 aromatic carbocycles. The molecule has 0 radical (unpaired) electrons. The van der Waals surface area contributed by atoms with Crippen LogP contribution >= 0.6 is 0 Å². The van der Waals surface area contributed by atoms with Gasteiger partial charge in [0.15, 0.2) is 5.58 Å². The number of oxazole rings is 1. The first-order valence-electron chi connectivity index (χ1n) is 7.15. The first kappa shape index (κ1) is 15.3. The third-order valence-electron chi connectivity index (χ3n) is 3.93. The highest BCUT2D eigenvalue weighted by Gasteiger charge is 2.31. The minimum Gasteiger partial charge on any atom is -0.408 e. The van der Waals surface area contributed by atoms with Gasteiger partial charge in [0.1, 0.15) is 0 Å². The Balaban J connectivity index is 2.03. The lowest BCUT2D eigenvalue weighted by molar-refractivity contribution is 0.263. The fourth-order valence-corrected chi connectivity index (χ4v) is 4.53. The second-order valence-corrected chi connectivity index (χ2v) is 7.79. The van der Waals surface area contributed by atoms with Crippen LogP contribution in [-0.2, 0) is 17.1 Å². The molecule has 1 aliphatic heterocycles. The number of fused-ring (bicyclic) bond motifs is 1. The van der Waals surface area contributed by atoms with Crippen LogP contribution in [0.4, 0.5) is 0 Å². The molecule has 7 nitrogen and oxygen atoms in total. The third kappa shape index (κ3) is 2.47. The largest absolute Gasteiger partial charge is 0.419 e. The summed E-state index contributed by atoms with van der Waals surface area (Å²) < 4.78 is 33.5. The van der Waals surface area contributed by atoms with Crippen LogP contribution in [-0.4, -0.2) is 42.5 Å².